The molecule has 5 rings (SSSR count). The Kier molecular flexibility index (Phi) is 4.77. The van der Waals surface area contributed by atoms with E-state index >= 15 is 0 Å². The van der Waals surface area contributed by atoms with Crippen molar-refractivity contribution in [1.82, 2.24) is 0 Å². The van der Waals surface area contributed by atoms with E-state index in [0.29, 0.717) is 12.3 Å². The van der Waals surface area contributed by atoms with Crippen molar-refractivity contribution in [2.75, 3.05) is 11.9 Å². The van der Waals surface area contributed by atoms with Crippen LogP contribution in [0.1, 0.15) is 55.0 Å². The lowest BCUT2D eigenvalue weighted by Gasteiger charge is -2.50. The van der Waals surface area contributed by atoms with E-state index in [1.54, 1.807) is 6.07 Å². The average Bonchev–Trinajstić information content (AvgIpc) is 3.59. The zero-order chi connectivity index (χ0) is 22.6. The van der Waals surface area contributed by atoms with E-state index in [9.17, 15) is 13.2 Å². The molecule has 3 aromatic carbocycles. The minimum atomic E-state index is -4.39. The van der Waals surface area contributed by atoms with Crippen LogP contribution >= 0.6 is 0 Å². The average molecular weight is 438 g/mol. The highest BCUT2D eigenvalue weighted by molar-refractivity contribution is 5.67. The van der Waals surface area contributed by atoms with Crippen LogP contribution < -0.4 is 10.1 Å². The van der Waals surface area contributed by atoms with Gasteiger partial charge in [0, 0.05) is 16.5 Å². The minimum Gasteiger partial charge on any atom is -0.494 e. The fourth-order valence-corrected chi connectivity index (χ4v) is 5.59. The van der Waals surface area contributed by atoms with Crippen LogP contribution in [0, 0.1) is 5.41 Å². The Morgan fingerprint density at radius 2 is 1.66 bits per heavy atom. The molecule has 0 aromatic heterocycles. The van der Waals surface area contributed by atoms with Gasteiger partial charge in [0.1, 0.15) is 5.75 Å². The number of halogens is 3. The lowest BCUT2D eigenvalue weighted by atomic mass is 9.58. The van der Waals surface area contributed by atoms with Crippen LogP contribution in [-0.4, -0.2) is 6.61 Å². The molecule has 0 radical (unpaired) electrons. The predicted octanol–water partition coefficient (Wildman–Crippen LogP) is 7.36. The van der Waals surface area contributed by atoms with Gasteiger partial charge in [-0.3, -0.25) is 0 Å². The van der Waals surface area contributed by atoms with E-state index < -0.39 is 17.2 Å². The van der Waals surface area contributed by atoms with Gasteiger partial charge in [-0.15, -0.1) is 0 Å². The largest absolute Gasteiger partial charge is 0.494 e. The molecule has 2 nitrogen and oxygen atoms in total. The number of anilines is 1. The number of hydrogen-bond donors (Lipinski definition) is 1. The Morgan fingerprint density at radius 1 is 0.969 bits per heavy atom. The fourth-order valence-electron chi connectivity index (χ4n) is 5.59. The third-order valence-electron chi connectivity index (χ3n) is 7.40. The highest BCUT2D eigenvalue weighted by Gasteiger charge is 2.65. The molecule has 1 spiro atoms. The van der Waals surface area contributed by atoms with Gasteiger partial charge in [-0.05, 0) is 60.7 Å². The molecule has 0 unspecified atom stereocenters. The summed E-state index contributed by atoms with van der Waals surface area (Å²) in [6.07, 6.45) is -2.38. The van der Waals surface area contributed by atoms with E-state index in [-0.39, 0.29) is 11.5 Å². The van der Waals surface area contributed by atoms with Crippen molar-refractivity contribution in [2.24, 2.45) is 5.41 Å². The first-order valence-electron chi connectivity index (χ1n) is 11.1. The van der Waals surface area contributed by atoms with Gasteiger partial charge in [0.2, 0.25) is 0 Å². The molecule has 1 fully saturated rings. The van der Waals surface area contributed by atoms with Crippen LogP contribution in [0.3, 0.4) is 0 Å². The van der Waals surface area contributed by atoms with E-state index in [1.165, 1.54) is 12.1 Å². The molecule has 1 aliphatic carbocycles. The molecular formula is C27H26F3NO. The summed E-state index contributed by atoms with van der Waals surface area (Å²) in [6.45, 7) is 4.72. The second-order valence-corrected chi connectivity index (χ2v) is 8.98. The molecule has 0 amide bonds. The monoisotopic (exact) mass is 437 g/mol. The molecule has 3 aromatic rings. The second-order valence-electron chi connectivity index (χ2n) is 8.98. The summed E-state index contributed by atoms with van der Waals surface area (Å²) in [5, 5.41) is 3.51. The molecule has 2 aliphatic rings. The maximum atomic E-state index is 13.5. The third kappa shape index (κ3) is 3.09. The van der Waals surface area contributed by atoms with Crippen molar-refractivity contribution in [1.29, 1.82) is 0 Å². The Bertz CT molecular complexity index is 1120. The van der Waals surface area contributed by atoms with Crippen LogP contribution in [0.2, 0.25) is 0 Å². The summed E-state index contributed by atoms with van der Waals surface area (Å²) >= 11 is 0. The van der Waals surface area contributed by atoms with Gasteiger partial charge in [0.05, 0.1) is 18.2 Å². The number of benzene rings is 3. The normalized spacial score (nSPS) is 23.3. The molecule has 1 aliphatic heterocycles. The zero-order valence-electron chi connectivity index (χ0n) is 18.2. The molecule has 0 bridgehead atoms. The van der Waals surface area contributed by atoms with Gasteiger partial charge in [-0.25, -0.2) is 0 Å². The highest BCUT2D eigenvalue weighted by atomic mass is 19.4. The molecule has 0 saturated heterocycles. The van der Waals surface area contributed by atoms with E-state index in [4.69, 9.17) is 4.74 Å². The van der Waals surface area contributed by atoms with Crippen molar-refractivity contribution >= 4 is 5.69 Å². The summed E-state index contributed by atoms with van der Waals surface area (Å²) < 4.78 is 46.2. The van der Waals surface area contributed by atoms with Crippen LogP contribution in [0.15, 0.2) is 72.8 Å². The van der Waals surface area contributed by atoms with Crippen molar-refractivity contribution in [3.05, 3.63) is 95.1 Å². The molecule has 1 saturated carbocycles. The molecule has 1 heterocycles. The summed E-state index contributed by atoms with van der Waals surface area (Å²) in [5.74, 6) is 0.797. The Balaban J connectivity index is 1.71. The second kappa shape index (κ2) is 7.29. The number of rotatable bonds is 4. The highest BCUT2D eigenvalue weighted by Crippen LogP contribution is 2.71. The van der Waals surface area contributed by atoms with Gasteiger partial charge in [-0.1, -0.05) is 55.5 Å². The Morgan fingerprint density at radius 3 is 2.25 bits per heavy atom. The van der Waals surface area contributed by atoms with E-state index in [2.05, 4.69) is 36.5 Å². The molecule has 2 atom stereocenters. The smallest absolute Gasteiger partial charge is 0.416 e. The number of ether oxygens (including phenoxy) is 1. The van der Waals surface area contributed by atoms with Gasteiger partial charge in [0.15, 0.2) is 0 Å². The lowest BCUT2D eigenvalue weighted by Crippen LogP contribution is -2.46. The number of hydrogen-bond acceptors (Lipinski definition) is 2. The summed E-state index contributed by atoms with van der Waals surface area (Å²) in [5.41, 5.74) is 2.49. The maximum Gasteiger partial charge on any atom is 0.416 e. The fraction of sp³-hybridized carbons (Fsp3) is 0.333. The van der Waals surface area contributed by atoms with Gasteiger partial charge >= 0.3 is 6.18 Å². The van der Waals surface area contributed by atoms with Gasteiger partial charge in [-0.2, -0.15) is 13.2 Å². The molecule has 166 valence electrons. The van der Waals surface area contributed by atoms with Crippen molar-refractivity contribution in [3.8, 4) is 5.75 Å². The van der Waals surface area contributed by atoms with Crippen molar-refractivity contribution in [2.45, 2.75) is 44.3 Å². The molecule has 5 heteroatoms. The first-order valence-corrected chi connectivity index (χ1v) is 11.1. The first kappa shape index (κ1) is 20.9. The van der Waals surface area contributed by atoms with Crippen LogP contribution in [0.4, 0.5) is 18.9 Å². The van der Waals surface area contributed by atoms with E-state index in [0.717, 1.165) is 35.3 Å². The van der Waals surface area contributed by atoms with Crippen molar-refractivity contribution in [3.63, 3.8) is 0 Å². The van der Waals surface area contributed by atoms with Crippen molar-refractivity contribution < 1.29 is 17.9 Å². The Hall–Kier alpha value is -2.95. The van der Waals surface area contributed by atoms with Crippen LogP contribution in [0.5, 0.6) is 5.75 Å². The van der Waals surface area contributed by atoms with Gasteiger partial charge < -0.3 is 10.1 Å². The number of fused-ring (bicyclic) bond motifs is 1. The number of alkyl halides is 3. The van der Waals surface area contributed by atoms with Crippen LogP contribution in [-0.2, 0) is 11.6 Å². The molecule has 1 N–H and O–H groups in total. The SMILES string of the molecule is CCOc1ccc([C@@]2(C)c3ccc(C(F)(F)F)cc3N[C@H](c3ccccc3)C23CC3)cc1. The first-order chi connectivity index (χ1) is 15.3. The quantitative estimate of drug-likeness (QED) is 0.460. The summed E-state index contributed by atoms with van der Waals surface area (Å²) in [6, 6.07) is 22.2. The maximum absolute atomic E-state index is 13.5. The topological polar surface area (TPSA) is 21.3 Å². The minimum absolute atomic E-state index is 0.0729. The van der Waals surface area contributed by atoms with Gasteiger partial charge in [0.25, 0.3) is 0 Å². The van der Waals surface area contributed by atoms with E-state index in [1.807, 2.05) is 37.3 Å². The zero-order valence-corrected chi connectivity index (χ0v) is 18.2. The molecular weight excluding hydrogens is 411 g/mol. The third-order valence-corrected chi connectivity index (χ3v) is 7.40. The number of nitrogens with one attached hydrogen (secondary N) is 1. The summed E-state index contributed by atoms with van der Waals surface area (Å²) in [4.78, 5) is 0. The standard InChI is InChI=1S/C27H26F3NO/c1-3-32-21-12-9-19(10-13-21)25(2)22-14-11-20(27(28,29)30)17-23(22)31-24(26(25)15-16-26)18-7-5-4-6-8-18/h4-14,17,24,31H,3,15-16H2,1-2H3/t24-,25+/m1/s1. The Labute approximate surface area is 186 Å². The lowest BCUT2D eigenvalue weighted by molar-refractivity contribution is -0.137. The van der Waals surface area contributed by atoms with Crippen LogP contribution in [0.25, 0.3) is 0 Å². The molecule has 32 heavy (non-hydrogen) atoms. The predicted molar refractivity (Wildman–Crippen MR) is 120 cm³/mol. The summed E-state index contributed by atoms with van der Waals surface area (Å²) in [7, 11) is 0.